The van der Waals surface area contributed by atoms with Gasteiger partial charge in [-0.2, -0.15) is 0 Å². The number of carboxylic acid groups (broad SMARTS) is 1. The van der Waals surface area contributed by atoms with Gasteiger partial charge in [-0.1, -0.05) is 29.8 Å². The lowest BCUT2D eigenvalue weighted by molar-refractivity contribution is 0.0458. The number of carbonyl (C=O) groups is 1. The number of aliphatic hydroxyl groups is 1. The summed E-state index contributed by atoms with van der Waals surface area (Å²) in [5.74, 6) is 0. The molecule has 18 heavy (non-hydrogen) atoms. The lowest BCUT2D eigenvalue weighted by Gasteiger charge is -2.39. The molecule has 1 unspecified atom stereocenters. The second kappa shape index (κ2) is 5.59. The molecule has 1 aromatic carbocycles. The zero-order valence-electron chi connectivity index (χ0n) is 10.7. The predicted molar refractivity (Wildman–Crippen MR) is 70.9 cm³/mol. The Bertz CT molecular complexity index is 428. The van der Waals surface area contributed by atoms with Crippen LogP contribution in [0, 0.1) is 0 Å². The van der Waals surface area contributed by atoms with Crippen LogP contribution >= 0.6 is 11.6 Å². The molecule has 0 heterocycles. The largest absolute Gasteiger partial charge is 0.465 e. The highest BCUT2D eigenvalue weighted by Crippen LogP contribution is 2.32. The number of rotatable bonds is 3. The maximum Gasteiger partial charge on any atom is 0.408 e. The SMILES string of the molecule is CC(C)(C)N(C(=O)O)C(CO)c1ccccc1Cl. The van der Waals surface area contributed by atoms with Crippen molar-refractivity contribution < 1.29 is 15.0 Å². The Morgan fingerprint density at radius 3 is 2.33 bits per heavy atom. The van der Waals surface area contributed by atoms with Gasteiger partial charge in [0.2, 0.25) is 0 Å². The van der Waals surface area contributed by atoms with Gasteiger partial charge in [-0.15, -0.1) is 0 Å². The minimum absolute atomic E-state index is 0.312. The van der Waals surface area contributed by atoms with Crippen molar-refractivity contribution in [2.24, 2.45) is 0 Å². The van der Waals surface area contributed by atoms with Gasteiger partial charge >= 0.3 is 6.09 Å². The first-order chi connectivity index (χ1) is 8.29. The highest BCUT2D eigenvalue weighted by Gasteiger charge is 2.34. The van der Waals surface area contributed by atoms with E-state index in [1.807, 2.05) is 0 Å². The van der Waals surface area contributed by atoms with Crippen LogP contribution < -0.4 is 0 Å². The van der Waals surface area contributed by atoms with E-state index in [9.17, 15) is 15.0 Å². The molecule has 0 aliphatic rings. The summed E-state index contributed by atoms with van der Waals surface area (Å²) < 4.78 is 0. The molecule has 0 bridgehead atoms. The van der Waals surface area contributed by atoms with Crippen LogP contribution in [0.25, 0.3) is 0 Å². The number of aliphatic hydroxyl groups excluding tert-OH is 1. The molecular formula is C13H18ClNO3. The molecule has 0 spiro atoms. The molecule has 5 heteroatoms. The number of halogens is 1. The Labute approximate surface area is 112 Å². The van der Waals surface area contributed by atoms with E-state index in [0.717, 1.165) is 0 Å². The first-order valence-electron chi connectivity index (χ1n) is 5.66. The number of nitrogens with zero attached hydrogens (tertiary/aromatic N) is 1. The third-order valence-corrected chi connectivity index (χ3v) is 3.02. The molecule has 1 amide bonds. The molecule has 0 saturated carbocycles. The fraction of sp³-hybridized carbons (Fsp3) is 0.462. The minimum atomic E-state index is -1.08. The van der Waals surface area contributed by atoms with E-state index in [2.05, 4.69) is 0 Å². The van der Waals surface area contributed by atoms with Crippen LogP contribution in [0.1, 0.15) is 32.4 Å². The molecule has 1 aromatic rings. The van der Waals surface area contributed by atoms with Crippen molar-refractivity contribution in [3.8, 4) is 0 Å². The maximum atomic E-state index is 11.4. The highest BCUT2D eigenvalue weighted by atomic mass is 35.5. The minimum Gasteiger partial charge on any atom is -0.465 e. The molecular weight excluding hydrogens is 254 g/mol. The number of amides is 1. The third kappa shape index (κ3) is 3.15. The summed E-state index contributed by atoms with van der Waals surface area (Å²) in [6, 6.07) is 6.28. The molecule has 0 saturated heterocycles. The normalized spacial score (nSPS) is 13.2. The number of hydrogen-bond acceptors (Lipinski definition) is 2. The van der Waals surface area contributed by atoms with Crippen LogP contribution in [0.4, 0.5) is 4.79 Å². The van der Waals surface area contributed by atoms with E-state index in [4.69, 9.17) is 11.6 Å². The average Bonchev–Trinajstić information content (AvgIpc) is 2.24. The molecule has 0 aliphatic heterocycles. The van der Waals surface area contributed by atoms with Crippen molar-refractivity contribution in [3.05, 3.63) is 34.9 Å². The van der Waals surface area contributed by atoms with Crippen LogP contribution in [0.5, 0.6) is 0 Å². The fourth-order valence-corrected chi connectivity index (χ4v) is 2.21. The van der Waals surface area contributed by atoms with Gasteiger partial charge in [-0.05, 0) is 32.4 Å². The summed E-state index contributed by atoms with van der Waals surface area (Å²) in [4.78, 5) is 12.6. The van der Waals surface area contributed by atoms with Crippen molar-refractivity contribution in [3.63, 3.8) is 0 Å². The van der Waals surface area contributed by atoms with Gasteiger partial charge in [0.05, 0.1) is 12.6 Å². The van der Waals surface area contributed by atoms with Crippen LogP contribution in [-0.2, 0) is 0 Å². The summed E-state index contributed by atoms with van der Waals surface area (Å²) in [5.41, 5.74) is -0.0164. The van der Waals surface area contributed by atoms with Gasteiger partial charge in [0, 0.05) is 10.6 Å². The van der Waals surface area contributed by atoms with E-state index in [1.165, 1.54) is 4.90 Å². The zero-order valence-corrected chi connectivity index (χ0v) is 11.5. The molecule has 0 aliphatic carbocycles. The van der Waals surface area contributed by atoms with Crippen molar-refractivity contribution >= 4 is 17.7 Å². The van der Waals surface area contributed by atoms with Crippen LogP contribution in [0.3, 0.4) is 0 Å². The predicted octanol–water partition coefficient (Wildman–Crippen LogP) is 3.15. The van der Waals surface area contributed by atoms with Crippen molar-refractivity contribution in [1.82, 2.24) is 4.90 Å². The van der Waals surface area contributed by atoms with E-state index in [1.54, 1.807) is 45.0 Å². The van der Waals surface area contributed by atoms with Crippen LogP contribution in [0.2, 0.25) is 5.02 Å². The third-order valence-electron chi connectivity index (χ3n) is 2.68. The second-order valence-electron chi connectivity index (χ2n) is 5.04. The molecule has 0 fully saturated rings. The summed E-state index contributed by atoms with van der Waals surface area (Å²) >= 11 is 6.07. The van der Waals surface area contributed by atoms with Crippen LogP contribution in [-0.4, -0.2) is 33.4 Å². The van der Waals surface area contributed by atoms with Gasteiger partial charge in [-0.25, -0.2) is 4.79 Å². The Morgan fingerprint density at radius 2 is 1.94 bits per heavy atom. The fourth-order valence-electron chi connectivity index (χ4n) is 1.95. The lowest BCUT2D eigenvalue weighted by Crippen LogP contribution is -2.48. The quantitative estimate of drug-likeness (QED) is 0.888. The van der Waals surface area contributed by atoms with Gasteiger partial charge in [0.25, 0.3) is 0 Å². The van der Waals surface area contributed by atoms with Gasteiger partial charge < -0.3 is 10.2 Å². The first-order valence-corrected chi connectivity index (χ1v) is 6.04. The second-order valence-corrected chi connectivity index (χ2v) is 5.45. The summed E-state index contributed by atoms with van der Waals surface area (Å²) in [6.07, 6.45) is -1.08. The Hall–Kier alpha value is -1.26. The van der Waals surface area contributed by atoms with Crippen molar-refractivity contribution in [2.75, 3.05) is 6.61 Å². The van der Waals surface area contributed by atoms with Gasteiger partial charge in [0.15, 0.2) is 0 Å². The van der Waals surface area contributed by atoms with Crippen LogP contribution in [0.15, 0.2) is 24.3 Å². The topological polar surface area (TPSA) is 60.8 Å². The summed E-state index contributed by atoms with van der Waals surface area (Å²) in [6.45, 7) is 5.02. The highest BCUT2D eigenvalue weighted by molar-refractivity contribution is 6.31. The first kappa shape index (κ1) is 14.8. The molecule has 0 aromatic heterocycles. The summed E-state index contributed by atoms with van der Waals surface area (Å²) in [5, 5.41) is 19.3. The monoisotopic (exact) mass is 271 g/mol. The van der Waals surface area contributed by atoms with Gasteiger partial charge in [0.1, 0.15) is 0 Å². The van der Waals surface area contributed by atoms with E-state index < -0.39 is 17.7 Å². The molecule has 0 radical (unpaired) electrons. The summed E-state index contributed by atoms with van der Waals surface area (Å²) in [7, 11) is 0. The van der Waals surface area contributed by atoms with Crippen molar-refractivity contribution in [1.29, 1.82) is 0 Å². The molecule has 4 nitrogen and oxygen atoms in total. The maximum absolute atomic E-state index is 11.4. The Morgan fingerprint density at radius 1 is 1.39 bits per heavy atom. The Kier molecular flexibility index (Phi) is 4.59. The average molecular weight is 272 g/mol. The molecule has 1 rings (SSSR count). The smallest absolute Gasteiger partial charge is 0.408 e. The van der Waals surface area contributed by atoms with E-state index in [0.29, 0.717) is 10.6 Å². The molecule has 100 valence electrons. The number of hydrogen-bond donors (Lipinski definition) is 2. The standard InChI is InChI=1S/C13H18ClNO3/c1-13(2,3)15(12(17)18)11(8-16)9-6-4-5-7-10(9)14/h4-7,11,16H,8H2,1-3H3,(H,17,18). The van der Waals surface area contributed by atoms with E-state index >= 15 is 0 Å². The van der Waals surface area contributed by atoms with E-state index in [-0.39, 0.29) is 6.61 Å². The van der Waals surface area contributed by atoms with Crippen molar-refractivity contribution in [2.45, 2.75) is 32.4 Å². The lowest BCUT2D eigenvalue weighted by atomic mass is 9.99. The molecule has 1 atom stereocenters. The number of benzene rings is 1. The molecule has 2 N–H and O–H groups in total. The zero-order chi connectivity index (χ0) is 13.9. The Balaban J connectivity index is 3.24. The van der Waals surface area contributed by atoms with Gasteiger partial charge in [-0.3, -0.25) is 4.90 Å².